The normalized spacial score (nSPS) is 19.4. The van der Waals surface area contributed by atoms with Crippen molar-refractivity contribution in [2.45, 2.75) is 57.1 Å². The third-order valence-electron chi connectivity index (χ3n) is 5.66. The lowest BCUT2D eigenvalue weighted by atomic mass is 10.0. The highest BCUT2D eigenvalue weighted by Crippen LogP contribution is 2.31. The Morgan fingerprint density at radius 1 is 1.14 bits per heavy atom. The lowest BCUT2D eigenvalue weighted by Crippen LogP contribution is -2.55. The summed E-state index contributed by atoms with van der Waals surface area (Å²) in [5, 5.41) is 12.8. The fourth-order valence-corrected chi connectivity index (χ4v) is 5.06. The standard InChI is InChI=1S/C21H31ClN2O5S.C6H5Cl/c1-14(13-30(28)21(2,3)4)24-17(15-5-7-16(22)8-6-15)12-29-18(20(24)27)11-19(26)23-9-10-25;7-6-4-2-1-3-5-6/h5-8,14,17-18,25H,9-13H2,1-4H3,(H,23,26);1-5H. The van der Waals surface area contributed by atoms with Gasteiger partial charge in [0.15, 0.2) is 0 Å². The van der Waals surface area contributed by atoms with Gasteiger partial charge in [-0.1, -0.05) is 53.5 Å². The van der Waals surface area contributed by atoms with E-state index >= 15 is 0 Å². The van der Waals surface area contributed by atoms with Gasteiger partial charge in [-0.25, -0.2) is 0 Å². The van der Waals surface area contributed by atoms with E-state index in [0.29, 0.717) is 10.8 Å². The second kappa shape index (κ2) is 14.8. The highest BCUT2D eigenvalue weighted by atomic mass is 35.5. The Morgan fingerprint density at radius 2 is 1.73 bits per heavy atom. The van der Waals surface area contributed by atoms with Gasteiger partial charge in [0.1, 0.15) is 6.10 Å². The number of hydrogen-bond donors (Lipinski definition) is 2. The van der Waals surface area contributed by atoms with E-state index in [1.54, 1.807) is 17.0 Å². The molecule has 2 amide bonds. The average molecular weight is 572 g/mol. The number of carbonyl (C=O) groups excluding carboxylic acids is 2. The fourth-order valence-electron chi connectivity index (χ4n) is 3.69. The predicted octanol–water partition coefficient (Wildman–Crippen LogP) is 4.38. The Kier molecular flexibility index (Phi) is 12.5. The summed E-state index contributed by atoms with van der Waals surface area (Å²) < 4.78 is 18.1. The van der Waals surface area contributed by atoms with Crippen LogP contribution in [-0.2, 0) is 25.1 Å². The van der Waals surface area contributed by atoms with E-state index in [2.05, 4.69) is 5.32 Å². The van der Waals surface area contributed by atoms with E-state index in [9.17, 15) is 13.8 Å². The molecule has 0 radical (unpaired) electrons. The van der Waals surface area contributed by atoms with Crippen LogP contribution < -0.4 is 5.32 Å². The first-order valence-corrected chi connectivity index (χ1v) is 14.2. The van der Waals surface area contributed by atoms with Gasteiger partial charge < -0.3 is 20.1 Å². The van der Waals surface area contributed by atoms with Crippen molar-refractivity contribution in [3.63, 3.8) is 0 Å². The van der Waals surface area contributed by atoms with Gasteiger partial charge in [-0.2, -0.15) is 0 Å². The maximum atomic E-state index is 13.3. The van der Waals surface area contributed by atoms with Gasteiger partial charge in [-0.05, 0) is 57.5 Å². The Hall–Kier alpha value is -1.97. The number of halogens is 2. The zero-order valence-electron chi connectivity index (χ0n) is 21.7. The molecule has 0 aliphatic carbocycles. The summed E-state index contributed by atoms with van der Waals surface area (Å²) in [7, 11) is -1.15. The monoisotopic (exact) mass is 570 g/mol. The van der Waals surface area contributed by atoms with Gasteiger partial charge in [-0.3, -0.25) is 13.8 Å². The Labute approximate surface area is 231 Å². The summed E-state index contributed by atoms with van der Waals surface area (Å²) in [6.45, 7) is 7.76. The number of aliphatic hydroxyl groups is 1. The second-order valence-corrected chi connectivity index (χ2v) is 12.8. The first-order valence-electron chi connectivity index (χ1n) is 12.1. The molecular formula is C27H36Cl2N2O5S. The lowest BCUT2D eigenvalue weighted by molar-refractivity contribution is -0.165. The molecule has 2 aromatic rings. The highest BCUT2D eigenvalue weighted by Gasteiger charge is 2.41. The van der Waals surface area contributed by atoms with Gasteiger partial charge in [-0.15, -0.1) is 0 Å². The van der Waals surface area contributed by atoms with Crippen molar-refractivity contribution in [3.05, 3.63) is 70.2 Å². The first-order chi connectivity index (χ1) is 17.4. The van der Waals surface area contributed by atoms with E-state index in [1.165, 1.54) is 0 Å². The van der Waals surface area contributed by atoms with Crippen molar-refractivity contribution in [2.75, 3.05) is 25.5 Å². The van der Waals surface area contributed by atoms with Crippen molar-refractivity contribution < 1.29 is 23.6 Å². The van der Waals surface area contributed by atoms with Gasteiger partial charge >= 0.3 is 0 Å². The van der Waals surface area contributed by atoms with Crippen LogP contribution in [0.5, 0.6) is 0 Å². The van der Waals surface area contributed by atoms with Crippen LogP contribution in [-0.4, -0.2) is 68.4 Å². The third kappa shape index (κ3) is 10.0. The molecule has 1 aliphatic rings. The number of rotatable bonds is 8. The fraction of sp³-hybridized carbons (Fsp3) is 0.481. The molecule has 1 heterocycles. The number of carbonyl (C=O) groups is 2. The molecule has 2 N–H and O–H groups in total. The van der Waals surface area contributed by atoms with Crippen LogP contribution in [0.3, 0.4) is 0 Å². The van der Waals surface area contributed by atoms with Gasteiger partial charge in [0.2, 0.25) is 5.91 Å². The summed E-state index contributed by atoms with van der Waals surface area (Å²) in [6, 6.07) is 16.0. The van der Waals surface area contributed by atoms with E-state index in [-0.39, 0.29) is 50.1 Å². The maximum Gasteiger partial charge on any atom is 0.253 e. The van der Waals surface area contributed by atoms with Crippen molar-refractivity contribution in [1.29, 1.82) is 0 Å². The van der Waals surface area contributed by atoms with E-state index in [0.717, 1.165) is 10.6 Å². The largest absolute Gasteiger partial charge is 0.395 e. The van der Waals surface area contributed by atoms with Crippen LogP contribution in [0.15, 0.2) is 54.6 Å². The molecule has 10 heteroatoms. The number of hydrogen-bond acceptors (Lipinski definition) is 5. The molecule has 0 bridgehead atoms. The molecule has 204 valence electrons. The van der Waals surface area contributed by atoms with Crippen LogP contribution in [0.25, 0.3) is 0 Å². The molecule has 4 atom stereocenters. The molecule has 0 saturated carbocycles. The Bertz CT molecular complexity index is 1030. The van der Waals surface area contributed by atoms with Crippen LogP contribution >= 0.6 is 23.2 Å². The molecule has 37 heavy (non-hydrogen) atoms. The quantitative estimate of drug-likeness (QED) is 0.491. The van der Waals surface area contributed by atoms with E-state index < -0.39 is 21.7 Å². The van der Waals surface area contributed by atoms with Crippen LogP contribution in [0, 0.1) is 0 Å². The number of benzene rings is 2. The number of morpholine rings is 1. The summed E-state index contributed by atoms with van der Waals surface area (Å²) >= 11 is 11.5. The second-order valence-electron chi connectivity index (χ2n) is 9.68. The molecule has 1 aliphatic heterocycles. The van der Waals surface area contributed by atoms with Crippen molar-refractivity contribution in [3.8, 4) is 0 Å². The summed E-state index contributed by atoms with van der Waals surface area (Å²) in [6.07, 6.45) is -1.05. The highest BCUT2D eigenvalue weighted by molar-refractivity contribution is 7.86. The van der Waals surface area contributed by atoms with Gasteiger partial charge in [0.05, 0.1) is 25.7 Å². The lowest BCUT2D eigenvalue weighted by Gasteiger charge is -2.43. The van der Waals surface area contributed by atoms with E-state index in [4.69, 9.17) is 33.0 Å². The number of nitrogens with zero attached hydrogens (tertiary/aromatic N) is 1. The number of amides is 2. The van der Waals surface area contributed by atoms with Crippen molar-refractivity contribution >= 4 is 45.8 Å². The van der Waals surface area contributed by atoms with Crippen LogP contribution in [0.4, 0.5) is 0 Å². The maximum absolute atomic E-state index is 13.3. The van der Waals surface area contributed by atoms with E-state index in [1.807, 2.05) is 70.2 Å². The molecule has 1 fully saturated rings. The van der Waals surface area contributed by atoms with Crippen molar-refractivity contribution in [2.24, 2.45) is 0 Å². The minimum Gasteiger partial charge on any atom is -0.395 e. The third-order valence-corrected chi connectivity index (χ3v) is 8.32. The summed E-state index contributed by atoms with van der Waals surface area (Å²) in [5.41, 5.74) is 0.865. The molecule has 4 unspecified atom stereocenters. The van der Waals surface area contributed by atoms with Gasteiger partial charge in [0, 0.05) is 43.9 Å². The van der Waals surface area contributed by atoms with Gasteiger partial charge in [0.25, 0.3) is 5.91 Å². The summed E-state index contributed by atoms with van der Waals surface area (Å²) in [5.74, 6) is -0.347. The molecule has 3 rings (SSSR count). The molecule has 2 aromatic carbocycles. The topological polar surface area (TPSA) is 95.9 Å². The number of aliphatic hydroxyl groups excluding tert-OH is 1. The predicted molar refractivity (Wildman–Crippen MR) is 149 cm³/mol. The molecule has 0 spiro atoms. The van der Waals surface area contributed by atoms with Crippen LogP contribution in [0.2, 0.25) is 10.0 Å². The number of nitrogens with one attached hydrogen (secondary N) is 1. The molecule has 0 aromatic heterocycles. The first kappa shape index (κ1) is 31.2. The minimum absolute atomic E-state index is 0.123. The SMILES string of the molecule is CC(CS(=O)C(C)(C)C)N1C(=O)C(CC(=O)NCCO)OCC1c1ccc(Cl)cc1.Clc1ccccc1. The Balaban J connectivity index is 0.000000591. The number of ether oxygens (including phenoxy) is 1. The molecule has 1 saturated heterocycles. The van der Waals surface area contributed by atoms with Crippen LogP contribution in [0.1, 0.15) is 45.7 Å². The average Bonchev–Trinajstić information content (AvgIpc) is 2.84. The molecular weight excluding hydrogens is 535 g/mol. The zero-order chi connectivity index (χ0) is 27.6. The Morgan fingerprint density at radius 3 is 2.24 bits per heavy atom. The molecule has 7 nitrogen and oxygen atoms in total. The minimum atomic E-state index is -1.15. The van der Waals surface area contributed by atoms with Crippen molar-refractivity contribution in [1.82, 2.24) is 10.2 Å². The zero-order valence-corrected chi connectivity index (χ0v) is 24.0. The summed E-state index contributed by atoms with van der Waals surface area (Å²) in [4.78, 5) is 27.1. The smallest absolute Gasteiger partial charge is 0.253 e.